The summed E-state index contributed by atoms with van der Waals surface area (Å²) in [4.78, 5) is 29.9. The van der Waals surface area contributed by atoms with Gasteiger partial charge in [-0.15, -0.1) is 0 Å². The molecule has 1 spiro atoms. The minimum atomic E-state index is -0.467. The van der Waals surface area contributed by atoms with Crippen molar-refractivity contribution in [2.45, 2.75) is 38.2 Å². The number of likely N-dealkylation sites (tertiary alicyclic amines) is 2. The molecule has 4 rings (SSSR count). The number of carbonyl (C=O) groups is 2. The molecule has 134 valence electrons. The fourth-order valence-electron chi connectivity index (χ4n) is 4.79. The van der Waals surface area contributed by atoms with Gasteiger partial charge >= 0.3 is 0 Å². The molecule has 0 saturated carbocycles. The van der Waals surface area contributed by atoms with Gasteiger partial charge in [-0.05, 0) is 31.7 Å². The van der Waals surface area contributed by atoms with Crippen LogP contribution in [0.25, 0.3) is 0 Å². The number of amides is 2. The molecule has 3 heterocycles. The van der Waals surface area contributed by atoms with E-state index < -0.39 is 5.41 Å². The molecule has 3 fully saturated rings. The Bertz CT molecular complexity index is 656. The number of rotatable bonds is 3. The quantitative estimate of drug-likeness (QED) is 0.844. The molecular formula is C20H26N2O3. The van der Waals surface area contributed by atoms with Crippen molar-refractivity contribution in [2.75, 3.05) is 32.8 Å². The van der Waals surface area contributed by atoms with E-state index in [9.17, 15) is 9.59 Å². The maximum absolute atomic E-state index is 13.2. The molecule has 1 aromatic rings. The van der Waals surface area contributed by atoms with E-state index in [1.807, 2.05) is 34.9 Å². The molecule has 0 unspecified atom stereocenters. The summed E-state index contributed by atoms with van der Waals surface area (Å²) in [6.07, 6.45) is 2.26. The summed E-state index contributed by atoms with van der Waals surface area (Å²) in [6, 6.07) is 10.2. The zero-order valence-electron chi connectivity index (χ0n) is 14.8. The Morgan fingerprint density at radius 3 is 2.76 bits per heavy atom. The highest BCUT2D eigenvalue weighted by atomic mass is 16.5. The molecule has 0 radical (unpaired) electrons. The van der Waals surface area contributed by atoms with E-state index >= 15 is 0 Å². The van der Waals surface area contributed by atoms with Gasteiger partial charge in [0.1, 0.15) is 6.10 Å². The van der Waals surface area contributed by atoms with Crippen molar-refractivity contribution in [1.29, 1.82) is 0 Å². The summed E-state index contributed by atoms with van der Waals surface area (Å²) in [5.41, 5.74) is 0.697. The fourth-order valence-corrected chi connectivity index (χ4v) is 4.79. The monoisotopic (exact) mass is 342 g/mol. The minimum absolute atomic E-state index is 0.0676. The zero-order chi connectivity index (χ0) is 17.4. The van der Waals surface area contributed by atoms with E-state index in [-0.39, 0.29) is 23.8 Å². The number of benzene rings is 1. The lowest BCUT2D eigenvalue weighted by Crippen LogP contribution is -2.42. The van der Waals surface area contributed by atoms with Crippen LogP contribution in [0.15, 0.2) is 30.3 Å². The Labute approximate surface area is 148 Å². The molecule has 0 aromatic heterocycles. The summed E-state index contributed by atoms with van der Waals surface area (Å²) in [7, 11) is 0. The van der Waals surface area contributed by atoms with Crippen LogP contribution in [-0.2, 0) is 14.3 Å². The standard InChI is InChI=1S/C20H26N2O3/c1-2-21-11-10-20(19(21)24)14-22(18(23)17-9-6-12-25-17)13-16(20)15-7-4-3-5-8-15/h3-5,7-8,16-17H,2,6,9-14H2,1H3/t16-,17+,20+/m1/s1. The van der Waals surface area contributed by atoms with Gasteiger partial charge in [-0.1, -0.05) is 30.3 Å². The highest BCUT2D eigenvalue weighted by Crippen LogP contribution is 2.50. The molecule has 0 bridgehead atoms. The molecule has 1 aromatic carbocycles. The Balaban J connectivity index is 1.65. The first-order chi connectivity index (χ1) is 12.2. The molecule has 3 atom stereocenters. The minimum Gasteiger partial charge on any atom is -0.368 e. The van der Waals surface area contributed by atoms with E-state index in [0.29, 0.717) is 19.7 Å². The molecule has 3 aliphatic rings. The third kappa shape index (κ3) is 2.65. The lowest BCUT2D eigenvalue weighted by Gasteiger charge is -2.28. The van der Waals surface area contributed by atoms with Crippen LogP contribution in [-0.4, -0.2) is 60.5 Å². The normalized spacial score (nSPS) is 32.1. The van der Waals surface area contributed by atoms with Crippen molar-refractivity contribution in [1.82, 2.24) is 9.80 Å². The molecule has 3 aliphatic heterocycles. The summed E-state index contributed by atoms with van der Waals surface area (Å²) in [6.45, 7) is 5.37. The maximum atomic E-state index is 13.2. The largest absolute Gasteiger partial charge is 0.368 e. The summed E-state index contributed by atoms with van der Waals surface area (Å²) in [5.74, 6) is 0.354. The van der Waals surface area contributed by atoms with Crippen LogP contribution in [0.1, 0.15) is 37.7 Å². The molecule has 5 nitrogen and oxygen atoms in total. The van der Waals surface area contributed by atoms with Crippen molar-refractivity contribution in [3.05, 3.63) is 35.9 Å². The fraction of sp³-hybridized carbons (Fsp3) is 0.600. The number of ether oxygens (including phenoxy) is 1. The highest BCUT2D eigenvalue weighted by molar-refractivity contribution is 5.89. The van der Waals surface area contributed by atoms with Crippen LogP contribution in [0, 0.1) is 5.41 Å². The molecular weight excluding hydrogens is 316 g/mol. The number of nitrogens with zero attached hydrogens (tertiary/aromatic N) is 2. The van der Waals surface area contributed by atoms with Crippen LogP contribution in [0.4, 0.5) is 0 Å². The average molecular weight is 342 g/mol. The summed E-state index contributed by atoms with van der Waals surface area (Å²) >= 11 is 0. The zero-order valence-corrected chi connectivity index (χ0v) is 14.8. The molecule has 0 N–H and O–H groups in total. The van der Waals surface area contributed by atoms with Crippen LogP contribution < -0.4 is 0 Å². The Kier molecular flexibility index (Phi) is 4.28. The third-order valence-corrected chi connectivity index (χ3v) is 6.18. The van der Waals surface area contributed by atoms with Gasteiger partial charge in [-0.2, -0.15) is 0 Å². The van der Waals surface area contributed by atoms with Gasteiger partial charge < -0.3 is 14.5 Å². The van der Waals surface area contributed by atoms with Gasteiger partial charge in [0.2, 0.25) is 5.91 Å². The van der Waals surface area contributed by atoms with Crippen LogP contribution >= 0.6 is 0 Å². The molecule has 5 heteroatoms. The van der Waals surface area contributed by atoms with E-state index in [1.165, 1.54) is 0 Å². The Morgan fingerprint density at radius 2 is 2.12 bits per heavy atom. The van der Waals surface area contributed by atoms with Crippen molar-refractivity contribution < 1.29 is 14.3 Å². The first-order valence-electron chi connectivity index (χ1n) is 9.40. The first kappa shape index (κ1) is 16.6. The van der Waals surface area contributed by atoms with Crippen molar-refractivity contribution in [3.63, 3.8) is 0 Å². The van der Waals surface area contributed by atoms with Gasteiger partial charge in [0.25, 0.3) is 5.91 Å². The average Bonchev–Trinajstić information content (AvgIpc) is 3.37. The SMILES string of the molecule is CCN1CC[C@@]2(CN(C(=O)[C@@H]3CCCO3)C[C@@H]2c2ccccc2)C1=O. The van der Waals surface area contributed by atoms with Crippen LogP contribution in [0.5, 0.6) is 0 Å². The van der Waals surface area contributed by atoms with Gasteiger partial charge in [0, 0.05) is 38.7 Å². The van der Waals surface area contributed by atoms with Crippen LogP contribution in [0.2, 0.25) is 0 Å². The second-order valence-electron chi connectivity index (χ2n) is 7.47. The van der Waals surface area contributed by atoms with E-state index in [4.69, 9.17) is 4.74 Å². The van der Waals surface area contributed by atoms with E-state index in [0.717, 1.165) is 37.9 Å². The summed E-state index contributed by atoms with van der Waals surface area (Å²) in [5, 5.41) is 0. The van der Waals surface area contributed by atoms with Gasteiger partial charge in [-0.3, -0.25) is 9.59 Å². The smallest absolute Gasteiger partial charge is 0.251 e. The summed E-state index contributed by atoms with van der Waals surface area (Å²) < 4.78 is 5.60. The van der Waals surface area contributed by atoms with Crippen molar-refractivity contribution in [2.24, 2.45) is 5.41 Å². The van der Waals surface area contributed by atoms with Crippen LogP contribution in [0.3, 0.4) is 0 Å². The predicted octanol–water partition coefficient (Wildman–Crippen LogP) is 2.03. The third-order valence-electron chi connectivity index (χ3n) is 6.18. The number of hydrogen-bond acceptors (Lipinski definition) is 3. The lowest BCUT2D eigenvalue weighted by atomic mass is 9.73. The van der Waals surface area contributed by atoms with E-state index in [1.54, 1.807) is 0 Å². The molecule has 3 saturated heterocycles. The van der Waals surface area contributed by atoms with Crippen molar-refractivity contribution in [3.8, 4) is 0 Å². The lowest BCUT2D eigenvalue weighted by molar-refractivity contribution is -0.141. The number of carbonyl (C=O) groups excluding carboxylic acids is 2. The molecule has 0 aliphatic carbocycles. The Morgan fingerprint density at radius 1 is 1.32 bits per heavy atom. The van der Waals surface area contributed by atoms with Crippen molar-refractivity contribution >= 4 is 11.8 Å². The molecule has 2 amide bonds. The van der Waals surface area contributed by atoms with Gasteiger partial charge in [0.15, 0.2) is 0 Å². The molecule has 25 heavy (non-hydrogen) atoms. The second-order valence-corrected chi connectivity index (χ2v) is 7.47. The van der Waals surface area contributed by atoms with Gasteiger partial charge in [-0.25, -0.2) is 0 Å². The predicted molar refractivity (Wildman–Crippen MR) is 94.0 cm³/mol. The first-order valence-corrected chi connectivity index (χ1v) is 9.40. The topological polar surface area (TPSA) is 49.9 Å². The van der Waals surface area contributed by atoms with Gasteiger partial charge in [0.05, 0.1) is 5.41 Å². The number of hydrogen-bond donors (Lipinski definition) is 0. The second kappa shape index (κ2) is 6.45. The maximum Gasteiger partial charge on any atom is 0.251 e. The van der Waals surface area contributed by atoms with E-state index in [2.05, 4.69) is 12.1 Å². The Hall–Kier alpha value is -1.88. The highest BCUT2D eigenvalue weighted by Gasteiger charge is 2.58.